The zero-order valence-corrected chi connectivity index (χ0v) is 15.5. The van der Waals surface area contributed by atoms with Crippen molar-refractivity contribution in [3.63, 3.8) is 0 Å². The maximum Gasteiger partial charge on any atom is 0.339 e. The van der Waals surface area contributed by atoms with Crippen LogP contribution in [-0.2, 0) is 16.0 Å². The molecule has 2 aromatic carbocycles. The molecule has 142 valence electrons. The Morgan fingerprint density at radius 1 is 1.11 bits per heavy atom. The molecule has 3 aromatic rings. The van der Waals surface area contributed by atoms with Gasteiger partial charge in [-0.2, -0.15) is 0 Å². The molecule has 0 saturated heterocycles. The van der Waals surface area contributed by atoms with E-state index in [1.807, 2.05) is 24.3 Å². The first-order valence-electron chi connectivity index (χ1n) is 9.27. The van der Waals surface area contributed by atoms with Crippen LogP contribution in [0.3, 0.4) is 0 Å². The summed E-state index contributed by atoms with van der Waals surface area (Å²) >= 11 is 0. The third-order valence-corrected chi connectivity index (χ3v) is 4.98. The van der Waals surface area contributed by atoms with Crippen molar-refractivity contribution in [2.75, 3.05) is 11.4 Å². The highest BCUT2D eigenvalue weighted by atomic mass is 16.5. The van der Waals surface area contributed by atoms with Crippen molar-refractivity contribution >= 4 is 28.5 Å². The molecule has 0 saturated carbocycles. The molecule has 2 heterocycles. The number of esters is 1. The lowest BCUT2D eigenvalue weighted by atomic mass is 10.0. The van der Waals surface area contributed by atoms with Gasteiger partial charge in [-0.15, -0.1) is 0 Å². The van der Waals surface area contributed by atoms with Crippen LogP contribution in [0, 0.1) is 0 Å². The first-order valence-corrected chi connectivity index (χ1v) is 9.27. The van der Waals surface area contributed by atoms with Crippen LogP contribution < -0.4 is 10.5 Å². The fraction of sp³-hybridized carbons (Fsp3) is 0.227. The summed E-state index contributed by atoms with van der Waals surface area (Å²) in [6.07, 6.45) is 0.825. The van der Waals surface area contributed by atoms with Gasteiger partial charge in [0.25, 0.3) is 5.91 Å². The first-order chi connectivity index (χ1) is 13.5. The van der Waals surface area contributed by atoms with E-state index in [4.69, 9.17) is 4.74 Å². The summed E-state index contributed by atoms with van der Waals surface area (Å²) in [5, 5.41) is 0.579. The van der Waals surface area contributed by atoms with Gasteiger partial charge in [0.1, 0.15) is 0 Å². The zero-order valence-electron chi connectivity index (χ0n) is 15.5. The van der Waals surface area contributed by atoms with E-state index in [9.17, 15) is 14.4 Å². The number of hydrogen-bond acceptors (Lipinski definition) is 4. The van der Waals surface area contributed by atoms with Gasteiger partial charge in [0, 0.05) is 29.2 Å². The fourth-order valence-corrected chi connectivity index (χ4v) is 3.63. The SMILES string of the molecule is C[C@H](OC(=O)c1cc(=O)[nH]c2ccccc12)C(=O)N1CCCc2ccccc21. The topological polar surface area (TPSA) is 79.5 Å². The number of rotatable bonds is 3. The average molecular weight is 376 g/mol. The van der Waals surface area contributed by atoms with Crippen molar-refractivity contribution in [2.24, 2.45) is 0 Å². The lowest BCUT2D eigenvalue weighted by Gasteiger charge is -2.31. The standard InChI is InChI=1S/C22H20N2O4/c1-14(21(26)24-12-6-8-15-7-2-5-11-19(15)24)28-22(27)17-13-20(25)23-18-10-4-3-9-16(17)18/h2-5,7,9-11,13-14H,6,8,12H2,1H3,(H,23,25)/t14-/m0/s1. The minimum absolute atomic E-state index is 0.151. The van der Waals surface area contributed by atoms with Crippen LogP contribution in [0.4, 0.5) is 5.69 Å². The van der Waals surface area contributed by atoms with Crippen molar-refractivity contribution in [1.82, 2.24) is 4.98 Å². The van der Waals surface area contributed by atoms with E-state index in [1.54, 1.807) is 36.1 Å². The number of H-pyrrole nitrogens is 1. The number of carbonyl (C=O) groups is 2. The number of benzene rings is 2. The minimum Gasteiger partial charge on any atom is -0.449 e. The number of carbonyl (C=O) groups excluding carboxylic acids is 2. The number of amides is 1. The smallest absolute Gasteiger partial charge is 0.339 e. The number of nitrogens with one attached hydrogen (secondary N) is 1. The summed E-state index contributed by atoms with van der Waals surface area (Å²) in [6.45, 7) is 2.15. The molecule has 0 aliphatic carbocycles. The number of ether oxygens (including phenoxy) is 1. The first kappa shape index (κ1) is 18.0. The van der Waals surface area contributed by atoms with Crippen molar-refractivity contribution in [1.29, 1.82) is 0 Å². The van der Waals surface area contributed by atoms with E-state index in [-0.39, 0.29) is 11.5 Å². The summed E-state index contributed by atoms with van der Waals surface area (Å²) < 4.78 is 5.45. The molecule has 1 atom stereocenters. The molecule has 0 spiro atoms. The van der Waals surface area contributed by atoms with Crippen molar-refractivity contribution in [3.05, 3.63) is 76.1 Å². The van der Waals surface area contributed by atoms with Gasteiger partial charge >= 0.3 is 5.97 Å². The molecule has 6 heteroatoms. The molecule has 0 fully saturated rings. The summed E-state index contributed by atoms with van der Waals surface area (Å²) in [5.41, 5.74) is 2.28. The van der Waals surface area contributed by atoms with Gasteiger partial charge in [-0.25, -0.2) is 4.79 Å². The van der Waals surface area contributed by atoms with E-state index in [2.05, 4.69) is 4.98 Å². The van der Waals surface area contributed by atoms with Crippen LogP contribution in [0.25, 0.3) is 10.9 Å². The van der Waals surface area contributed by atoms with Crippen LogP contribution in [0.2, 0.25) is 0 Å². The Morgan fingerprint density at radius 2 is 1.86 bits per heavy atom. The summed E-state index contributed by atoms with van der Waals surface area (Å²) in [7, 11) is 0. The molecule has 1 aromatic heterocycles. The second-order valence-corrected chi connectivity index (χ2v) is 6.86. The Bertz CT molecular complexity index is 1120. The molecule has 1 aliphatic rings. The van der Waals surface area contributed by atoms with Crippen molar-refractivity contribution in [2.45, 2.75) is 25.9 Å². The average Bonchev–Trinajstić information content (AvgIpc) is 2.72. The quantitative estimate of drug-likeness (QED) is 0.713. The Kier molecular flexibility index (Phi) is 4.69. The molecule has 1 N–H and O–H groups in total. The maximum atomic E-state index is 12.9. The van der Waals surface area contributed by atoms with Gasteiger partial charge in [0.05, 0.1) is 5.56 Å². The third kappa shape index (κ3) is 3.29. The van der Waals surface area contributed by atoms with E-state index < -0.39 is 17.6 Å². The van der Waals surface area contributed by atoms with Gasteiger partial charge in [0.15, 0.2) is 6.10 Å². The van der Waals surface area contributed by atoms with Crippen LogP contribution in [0.1, 0.15) is 29.3 Å². The second-order valence-electron chi connectivity index (χ2n) is 6.86. The molecular formula is C22H20N2O4. The Morgan fingerprint density at radius 3 is 2.71 bits per heavy atom. The molecule has 4 rings (SSSR count). The number of para-hydroxylation sites is 2. The van der Waals surface area contributed by atoms with Crippen molar-refractivity contribution in [3.8, 4) is 0 Å². The van der Waals surface area contributed by atoms with Gasteiger partial charge in [0.2, 0.25) is 5.56 Å². The fourth-order valence-electron chi connectivity index (χ4n) is 3.63. The number of fused-ring (bicyclic) bond motifs is 2. The number of pyridine rings is 1. The Balaban J connectivity index is 1.58. The molecule has 0 unspecified atom stereocenters. The highest BCUT2D eigenvalue weighted by molar-refractivity contribution is 6.05. The third-order valence-electron chi connectivity index (χ3n) is 4.98. The molecule has 28 heavy (non-hydrogen) atoms. The normalized spacial score (nSPS) is 14.4. The largest absolute Gasteiger partial charge is 0.449 e. The number of anilines is 1. The maximum absolute atomic E-state index is 12.9. The number of hydrogen-bond donors (Lipinski definition) is 1. The molecule has 6 nitrogen and oxygen atoms in total. The second kappa shape index (κ2) is 7.31. The number of aromatic nitrogens is 1. The molecule has 1 amide bonds. The van der Waals surface area contributed by atoms with Gasteiger partial charge in [-0.1, -0.05) is 36.4 Å². The molecular weight excluding hydrogens is 356 g/mol. The lowest BCUT2D eigenvalue weighted by Crippen LogP contribution is -2.42. The Hall–Kier alpha value is -3.41. The predicted octanol–water partition coefficient (Wildman–Crippen LogP) is 3.05. The van der Waals surface area contributed by atoms with E-state index >= 15 is 0 Å². The predicted molar refractivity (Wildman–Crippen MR) is 107 cm³/mol. The van der Waals surface area contributed by atoms with Gasteiger partial charge in [-0.3, -0.25) is 9.59 Å². The van der Waals surface area contributed by atoms with Crippen molar-refractivity contribution < 1.29 is 14.3 Å². The summed E-state index contributed by atoms with van der Waals surface area (Å²) in [5.74, 6) is -0.955. The summed E-state index contributed by atoms with van der Waals surface area (Å²) in [4.78, 5) is 41.9. The van der Waals surface area contributed by atoms with E-state index in [0.29, 0.717) is 17.4 Å². The monoisotopic (exact) mass is 376 g/mol. The number of aromatic amines is 1. The number of aryl methyl sites for hydroxylation is 1. The van der Waals surface area contributed by atoms with E-state index in [1.165, 1.54) is 6.07 Å². The molecule has 0 bridgehead atoms. The molecule has 1 aliphatic heterocycles. The highest BCUT2D eigenvalue weighted by Gasteiger charge is 2.29. The van der Waals surface area contributed by atoms with Crippen LogP contribution >= 0.6 is 0 Å². The zero-order chi connectivity index (χ0) is 19.7. The number of nitrogens with zero attached hydrogens (tertiary/aromatic N) is 1. The summed E-state index contributed by atoms with van der Waals surface area (Å²) in [6, 6.07) is 16.0. The van der Waals surface area contributed by atoms with E-state index in [0.717, 1.165) is 24.1 Å². The van der Waals surface area contributed by atoms with Crippen LogP contribution in [0.5, 0.6) is 0 Å². The Labute approximate surface area is 161 Å². The van der Waals surface area contributed by atoms with Gasteiger partial charge in [-0.05, 0) is 37.5 Å². The van der Waals surface area contributed by atoms with Crippen LogP contribution in [0.15, 0.2) is 59.4 Å². The minimum atomic E-state index is -0.961. The lowest BCUT2D eigenvalue weighted by molar-refractivity contribution is -0.126. The highest BCUT2D eigenvalue weighted by Crippen LogP contribution is 2.27. The van der Waals surface area contributed by atoms with Crippen LogP contribution in [-0.4, -0.2) is 29.5 Å². The molecule has 0 radical (unpaired) electrons. The van der Waals surface area contributed by atoms with Gasteiger partial charge < -0.3 is 14.6 Å².